The zero-order valence-corrected chi connectivity index (χ0v) is 19.5. The second kappa shape index (κ2) is 8.94. The van der Waals surface area contributed by atoms with Gasteiger partial charge >= 0.3 is 5.69 Å². The molecule has 0 radical (unpaired) electrons. The Morgan fingerprint density at radius 2 is 1.71 bits per heavy atom. The number of aromatic nitrogens is 4. The van der Waals surface area contributed by atoms with Gasteiger partial charge in [-0.05, 0) is 55.3 Å². The Bertz CT molecular complexity index is 1640. The summed E-state index contributed by atoms with van der Waals surface area (Å²) in [4.78, 5) is 30.8. The minimum absolute atomic E-state index is 0.179. The van der Waals surface area contributed by atoms with Gasteiger partial charge in [0.1, 0.15) is 18.0 Å². The number of hydrogen-bond acceptors (Lipinski definition) is 6. The number of nitrogens with one attached hydrogen (secondary N) is 1. The number of para-hydroxylation sites is 4. The number of anilines is 1. The van der Waals surface area contributed by atoms with Crippen LogP contribution in [0.15, 0.2) is 71.5 Å². The molecule has 9 nitrogen and oxygen atoms in total. The summed E-state index contributed by atoms with van der Waals surface area (Å²) in [5.74, 6) is 0.890. The Kier molecular flexibility index (Phi) is 5.66. The van der Waals surface area contributed by atoms with Crippen molar-refractivity contribution in [3.05, 3.63) is 88.3 Å². The van der Waals surface area contributed by atoms with Gasteiger partial charge in [0.2, 0.25) is 11.6 Å². The number of fused-ring (bicyclic) bond motifs is 3. The Hall–Kier alpha value is -4.66. The lowest BCUT2D eigenvalue weighted by Gasteiger charge is -2.11. The van der Waals surface area contributed by atoms with Crippen LogP contribution in [0, 0.1) is 13.8 Å². The van der Waals surface area contributed by atoms with Gasteiger partial charge in [-0.3, -0.25) is 4.79 Å². The molecule has 0 aliphatic heterocycles. The molecule has 35 heavy (non-hydrogen) atoms. The van der Waals surface area contributed by atoms with Crippen molar-refractivity contribution in [3.63, 3.8) is 0 Å². The van der Waals surface area contributed by atoms with Gasteiger partial charge < -0.3 is 14.8 Å². The molecule has 0 unspecified atom stereocenters. The molecule has 0 bridgehead atoms. The van der Waals surface area contributed by atoms with Crippen molar-refractivity contribution in [2.75, 3.05) is 12.4 Å². The van der Waals surface area contributed by atoms with E-state index >= 15 is 0 Å². The van der Waals surface area contributed by atoms with Crippen LogP contribution in [0.5, 0.6) is 17.4 Å². The maximum atomic E-state index is 13.4. The summed E-state index contributed by atoms with van der Waals surface area (Å²) in [7, 11) is 1.52. The number of carbonyl (C=O) groups excluding carboxylic acids is 1. The lowest BCUT2D eigenvalue weighted by atomic mass is 10.1. The Labute approximate surface area is 200 Å². The number of hydrogen-bond donors (Lipinski definition) is 1. The van der Waals surface area contributed by atoms with Gasteiger partial charge in [0.15, 0.2) is 0 Å². The van der Waals surface area contributed by atoms with Crippen molar-refractivity contribution >= 4 is 28.3 Å². The van der Waals surface area contributed by atoms with Crippen molar-refractivity contribution in [1.29, 1.82) is 0 Å². The van der Waals surface area contributed by atoms with E-state index < -0.39 is 11.6 Å². The molecule has 3 aromatic carbocycles. The van der Waals surface area contributed by atoms with E-state index in [-0.39, 0.29) is 18.1 Å². The van der Waals surface area contributed by atoms with Crippen LogP contribution in [-0.4, -0.2) is 32.2 Å². The number of ether oxygens (including phenoxy) is 2. The summed E-state index contributed by atoms with van der Waals surface area (Å²) in [5.41, 5.74) is 3.41. The fourth-order valence-corrected chi connectivity index (χ4v) is 3.85. The van der Waals surface area contributed by atoms with Crippen molar-refractivity contribution in [2.24, 2.45) is 0 Å². The van der Waals surface area contributed by atoms with E-state index in [4.69, 9.17) is 9.47 Å². The number of aryl methyl sites for hydroxylation is 1. The monoisotopic (exact) mass is 469 g/mol. The molecule has 5 aromatic rings. The molecular formula is C26H23N5O4. The highest BCUT2D eigenvalue weighted by atomic mass is 16.5. The van der Waals surface area contributed by atoms with Crippen LogP contribution in [-0.2, 0) is 11.3 Å². The van der Waals surface area contributed by atoms with Gasteiger partial charge in [0.25, 0.3) is 5.88 Å². The summed E-state index contributed by atoms with van der Waals surface area (Å²) in [6.07, 6.45) is 0. The van der Waals surface area contributed by atoms with Crippen molar-refractivity contribution in [1.82, 2.24) is 19.2 Å². The number of carbonyl (C=O) groups is 1. The third-order valence-corrected chi connectivity index (χ3v) is 5.81. The molecule has 9 heteroatoms. The normalized spacial score (nSPS) is 11.1. The van der Waals surface area contributed by atoms with Crippen LogP contribution in [0.2, 0.25) is 0 Å². The Morgan fingerprint density at radius 3 is 2.54 bits per heavy atom. The van der Waals surface area contributed by atoms with Crippen molar-refractivity contribution in [2.45, 2.75) is 20.4 Å². The van der Waals surface area contributed by atoms with Gasteiger partial charge in [-0.1, -0.05) is 36.4 Å². The zero-order chi connectivity index (χ0) is 24.5. The number of rotatable bonds is 6. The van der Waals surface area contributed by atoms with Crippen molar-refractivity contribution < 1.29 is 14.3 Å². The third kappa shape index (κ3) is 4.08. The van der Waals surface area contributed by atoms with Crippen LogP contribution in [0.25, 0.3) is 16.7 Å². The minimum Gasteiger partial charge on any atom is -0.495 e. The van der Waals surface area contributed by atoms with Crippen molar-refractivity contribution in [3.8, 4) is 17.4 Å². The van der Waals surface area contributed by atoms with Gasteiger partial charge in [0, 0.05) is 0 Å². The number of nitrogens with zero attached hydrogens (tertiary/aromatic N) is 4. The number of amides is 1. The van der Waals surface area contributed by atoms with Crippen LogP contribution >= 0.6 is 0 Å². The Balaban J connectivity index is 1.57. The van der Waals surface area contributed by atoms with Crippen LogP contribution in [0.3, 0.4) is 0 Å². The molecule has 2 heterocycles. The van der Waals surface area contributed by atoms with E-state index in [0.717, 1.165) is 15.8 Å². The van der Waals surface area contributed by atoms with Gasteiger partial charge in [0.05, 0.1) is 23.8 Å². The molecule has 176 valence electrons. The van der Waals surface area contributed by atoms with Gasteiger partial charge in [-0.2, -0.15) is 0 Å². The highest BCUT2D eigenvalue weighted by Crippen LogP contribution is 2.29. The second-order valence-corrected chi connectivity index (χ2v) is 8.05. The first-order chi connectivity index (χ1) is 17.0. The summed E-state index contributed by atoms with van der Waals surface area (Å²) in [6.45, 7) is 3.65. The predicted molar refractivity (Wildman–Crippen MR) is 132 cm³/mol. The third-order valence-electron chi connectivity index (χ3n) is 5.81. The highest BCUT2D eigenvalue weighted by molar-refractivity contribution is 5.92. The zero-order valence-electron chi connectivity index (χ0n) is 19.5. The predicted octanol–water partition coefficient (Wildman–Crippen LogP) is 4.10. The highest BCUT2D eigenvalue weighted by Gasteiger charge is 2.20. The first-order valence-corrected chi connectivity index (χ1v) is 11.0. The molecule has 0 spiro atoms. The average Bonchev–Trinajstić information content (AvgIpc) is 3.18. The summed E-state index contributed by atoms with van der Waals surface area (Å²) in [6, 6.07) is 20.0. The largest absolute Gasteiger partial charge is 0.495 e. The van der Waals surface area contributed by atoms with E-state index in [1.54, 1.807) is 36.4 Å². The summed E-state index contributed by atoms with van der Waals surface area (Å²) >= 11 is 0. The maximum Gasteiger partial charge on any atom is 0.351 e. The number of methoxy groups -OCH3 is 1. The maximum absolute atomic E-state index is 13.4. The standard InChI is InChI=1S/C26H23N5O4/c1-16-9-8-14-21(17(16)2)35-25-24-29-30(15-23(32)27-19-11-5-7-13-22(19)34-3)26(33)31(24)20-12-6-4-10-18(20)28-25/h4-14H,15H2,1-3H3,(H,27,32). The molecule has 5 rings (SSSR count). The van der Waals surface area contributed by atoms with E-state index in [1.807, 2.05) is 44.2 Å². The SMILES string of the molecule is COc1ccccc1NC(=O)Cn1nc2c(Oc3cccc(C)c3C)nc3ccccc3n2c1=O. The lowest BCUT2D eigenvalue weighted by Crippen LogP contribution is -2.28. The first kappa shape index (κ1) is 22.1. The number of benzene rings is 3. The minimum atomic E-state index is -0.473. The Morgan fingerprint density at radius 1 is 0.971 bits per heavy atom. The lowest BCUT2D eigenvalue weighted by molar-refractivity contribution is -0.117. The van der Waals surface area contributed by atoms with E-state index in [9.17, 15) is 9.59 Å². The molecule has 1 amide bonds. The van der Waals surface area contributed by atoms with Crippen LogP contribution in [0.4, 0.5) is 5.69 Å². The van der Waals surface area contributed by atoms with E-state index in [1.165, 1.54) is 11.5 Å². The molecule has 0 saturated heterocycles. The quantitative estimate of drug-likeness (QED) is 0.402. The molecule has 0 saturated carbocycles. The van der Waals surface area contributed by atoms with E-state index in [0.29, 0.717) is 28.2 Å². The fourth-order valence-electron chi connectivity index (χ4n) is 3.85. The van der Waals surface area contributed by atoms with E-state index in [2.05, 4.69) is 15.4 Å². The average molecular weight is 470 g/mol. The van der Waals surface area contributed by atoms with Crippen LogP contribution in [0.1, 0.15) is 11.1 Å². The topological polar surface area (TPSA) is 99.8 Å². The summed E-state index contributed by atoms with van der Waals surface area (Å²) < 4.78 is 13.9. The molecule has 0 fully saturated rings. The molecule has 0 aliphatic carbocycles. The van der Waals surface area contributed by atoms with Gasteiger partial charge in [-0.25, -0.2) is 18.9 Å². The fraction of sp³-hybridized carbons (Fsp3) is 0.154. The smallest absolute Gasteiger partial charge is 0.351 e. The molecule has 0 aliphatic rings. The second-order valence-electron chi connectivity index (χ2n) is 8.05. The van der Waals surface area contributed by atoms with Crippen LogP contribution < -0.4 is 20.5 Å². The molecule has 1 N–H and O–H groups in total. The van der Waals surface area contributed by atoms with Gasteiger partial charge in [-0.15, -0.1) is 5.10 Å². The molecular weight excluding hydrogens is 446 g/mol. The molecule has 0 atom stereocenters. The first-order valence-electron chi connectivity index (χ1n) is 11.0. The molecule has 2 aromatic heterocycles. The summed E-state index contributed by atoms with van der Waals surface area (Å²) in [5, 5.41) is 7.19.